The van der Waals surface area contributed by atoms with E-state index in [1.165, 1.54) is 32.6 Å². The molecule has 0 bridgehead atoms. The number of aromatic nitrogens is 4. The zero-order valence-electron chi connectivity index (χ0n) is 12.4. The molecule has 0 aliphatic heterocycles. The average Bonchev–Trinajstić information content (AvgIpc) is 2.93. The highest BCUT2D eigenvalue weighted by Crippen LogP contribution is 2.36. The number of methoxy groups -OCH3 is 2. The molecule has 23 heavy (non-hydrogen) atoms. The molecule has 122 valence electrons. The van der Waals surface area contributed by atoms with Crippen LogP contribution in [0.25, 0.3) is 0 Å². The summed E-state index contributed by atoms with van der Waals surface area (Å²) in [7, 11) is 2.82. The Morgan fingerprint density at radius 2 is 2.09 bits per heavy atom. The predicted octanol–water partition coefficient (Wildman–Crippen LogP) is -0.872. The molecule has 4 N–H and O–H groups in total. The molecule has 0 spiro atoms. The first-order chi connectivity index (χ1) is 11.0. The SMILES string of the molecule is COc1cc(/C=N/NC(=O)Cn2nnnc2N)cc(OC)c1O. The summed E-state index contributed by atoms with van der Waals surface area (Å²) in [5.74, 6) is -0.113. The summed E-state index contributed by atoms with van der Waals surface area (Å²) in [6, 6.07) is 3.07. The number of ether oxygens (including phenoxy) is 2. The van der Waals surface area contributed by atoms with E-state index in [1.54, 1.807) is 0 Å². The number of carbonyl (C=O) groups excluding carboxylic acids is 1. The largest absolute Gasteiger partial charge is 0.502 e. The summed E-state index contributed by atoms with van der Waals surface area (Å²) >= 11 is 0. The molecule has 11 nitrogen and oxygen atoms in total. The van der Waals surface area contributed by atoms with Crippen LogP contribution in [0.3, 0.4) is 0 Å². The van der Waals surface area contributed by atoms with Crippen LogP contribution in [0.1, 0.15) is 5.56 Å². The second-order valence-corrected chi connectivity index (χ2v) is 4.26. The molecule has 0 aliphatic rings. The van der Waals surface area contributed by atoms with Crippen LogP contribution in [0.5, 0.6) is 17.2 Å². The van der Waals surface area contributed by atoms with Crippen LogP contribution in [0, 0.1) is 0 Å². The number of aromatic hydroxyl groups is 1. The molecule has 0 fully saturated rings. The summed E-state index contributed by atoms with van der Waals surface area (Å²) < 4.78 is 11.2. The smallest absolute Gasteiger partial charge is 0.261 e. The van der Waals surface area contributed by atoms with Crippen molar-refractivity contribution in [3.63, 3.8) is 0 Å². The first kappa shape index (κ1) is 16.0. The van der Waals surface area contributed by atoms with Gasteiger partial charge in [-0.15, -0.1) is 0 Å². The number of anilines is 1. The number of carbonyl (C=O) groups is 1. The second-order valence-electron chi connectivity index (χ2n) is 4.26. The molecule has 0 atom stereocenters. The molecule has 0 aliphatic carbocycles. The number of hydrazone groups is 1. The van der Waals surface area contributed by atoms with Crippen LogP contribution in [-0.2, 0) is 11.3 Å². The van der Waals surface area contributed by atoms with Gasteiger partial charge in [0.15, 0.2) is 11.5 Å². The normalized spacial score (nSPS) is 10.7. The molecule has 0 saturated carbocycles. The van der Waals surface area contributed by atoms with Crippen molar-refractivity contribution in [1.29, 1.82) is 0 Å². The molecule has 0 unspecified atom stereocenters. The van der Waals surface area contributed by atoms with Crippen molar-refractivity contribution in [2.45, 2.75) is 6.54 Å². The van der Waals surface area contributed by atoms with Gasteiger partial charge in [-0.1, -0.05) is 5.10 Å². The van der Waals surface area contributed by atoms with Gasteiger partial charge in [-0.05, 0) is 22.6 Å². The van der Waals surface area contributed by atoms with Crippen LogP contribution in [0.4, 0.5) is 5.95 Å². The minimum absolute atomic E-state index is 0.0251. The van der Waals surface area contributed by atoms with Crippen LogP contribution in [0.2, 0.25) is 0 Å². The molecule has 1 heterocycles. The standard InChI is InChI=1S/C12H15N7O4/c1-22-8-3-7(4-9(23-2)11(8)21)5-14-15-10(20)6-19-12(13)16-17-18-19/h3-5,21H,6H2,1-2H3,(H,15,20)(H2,13,16,18)/b14-5+. The molecule has 11 heteroatoms. The summed E-state index contributed by atoms with van der Waals surface area (Å²) in [6.07, 6.45) is 1.37. The number of nitrogen functional groups attached to an aromatic ring is 1. The highest BCUT2D eigenvalue weighted by Gasteiger charge is 2.10. The van der Waals surface area contributed by atoms with Crippen molar-refractivity contribution >= 4 is 18.1 Å². The molecular formula is C12H15N7O4. The summed E-state index contributed by atoms with van der Waals surface area (Å²) in [6.45, 7) is -0.168. The minimum atomic E-state index is -0.460. The Labute approximate surface area is 130 Å². The number of phenols is 1. The van der Waals surface area contributed by atoms with Crippen molar-refractivity contribution in [3.05, 3.63) is 17.7 Å². The maximum Gasteiger partial charge on any atom is 0.261 e. The molecule has 0 radical (unpaired) electrons. The Morgan fingerprint density at radius 1 is 1.43 bits per heavy atom. The van der Waals surface area contributed by atoms with Crippen LogP contribution in [0.15, 0.2) is 17.2 Å². The third kappa shape index (κ3) is 3.84. The van der Waals surface area contributed by atoms with Gasteiger partial charge in [-0.2, -0.15) is 5.10 Å². The maximum absolute atomic E-state index is 11.7. The van der Waals surface area contributed by atoms with Crippen molar-refractivity contribution in [2.75, 3.05) is 20.0 Å². The molecular weight excluding hydrogens is 306 g/mol. The number of amides is 1. The summed E-state index contributed by atoms with van der Waals surface area (Å²) in [4.78, 5) is 11.7. The van der Waals surface area contributed by atoms with E-state index in [0.29, 0.717) is 5.56 Å². The Balaban J connectivity index is 2.03. The van der Waals surface area contributed by atoms with Gasteiger partial charge < -0.3 is 20.3 Å². The zero-order valence-corrected chi connectivity index (χ0v) is 12.4. The average molecular weight is 321 g/mol. The van der Waals surface area contributed by atoms with Gasteiger partial charge in [0.25, 0.3) is 5.91 Å². The number of nitrogens with zero attached hydrogens (tertiary/aromatic N) is 5. The molecule has 1 aromatic carbocycles. The minimum Gasteiger partial charge on any atom is -0.502 e. The number of nitrogens with two attached hydrogens (primary N) is 1. The Kier molecular flexibility index (Phi) is 4.92. The summed E-state index contributed by atoms with van der Waals surface area (Å²) in [5.41, 5.74) is 8.30. The van der Waals surface area contributed by atoms with E-state index in [4.69, 9.17) is 15.2 Å². The van der Waals surface area contributed by atoms with E-state index in [-0.39, 0.29) is 29.7 Å². The topological polar surface area (TPSA) is 150 Å². The van der Waals surface area contributed by atoms with Gasteiger partial charge >= 0.3 is 0 Å². The predicted molar refractivity (Wildman–Crippen MR) is 79.2 cm³/mol. The van der Waals surface area contributed by atoms with E-state index >= 15 is 0 Å². The van der Waals surface area contributed by atoms with Crippen LogP contribution >= 0.6 is 0 Å². The first-order valence-electron chi connectivity index (χ1n) is 6.33. The highest BCUT2D eigenvalue weighted by atomic mass is 16.5. The zero-order chi connectivity index (χ0) is 16.8. The fourth-order valence-electron chi connectivity index (χ4n) is 1.66. The lowest BCUT2D eigenvalue weighted by atomic mass is 10.2. The lowest BCUT2D eigenvalue weighted by Crippen LogP contribution is -2.24. The van der Waals surface area contributed by atoms with Crippen molar-refractivity contribution in [1.82, 2.24) is 25.6 Å². The van der Waals surface area contributed by atoms with Gasteiger partial charge in [0.2, 0.25) is 11.7 Å². The number of hydrogen-bond acceptors (Lipinski definition) is 9. The third-order valence-corrected chi connectivity index (χ3v) is 2.76. The van der Waals surface area contributed by atoms with Gasteiger partial charge in [-0.3, -0.25) is 4.79 Å². The van der Waals surface area contributed by atoms with Gasteiger partial charge in [0, 0.05) is 5.56 Å². The molecule has 1 amide bonds. The molecule has 0 saturated heterocycles. The maximum atomic E-state index is 11.7. The third-order valence-electron chi connectivity index (χ3n) is 2.76. The van der Waals surface area contributed by atoms with Gasteiger partial charge in [-0.25, -0.2) is 10.1 Å². The highest BCUT2D eigenvalue weighted by molar-refractivity contribution is 5.84. The fraction of sp³-hybridized carbons (Fsp3) is 0.250. The monoisotopic (exact) mass is 321 g/mol. The fourth-order valence-corrected chi connectivity index (χ4v) is 1.66. The molecule has 2 rings (SSSR count). The lowest BCUT2D eigenvalue weighted by molar-refractivity contribution is -0.121. The van der Waals surface area contributed by atoms with Crippen molar-refractivity contribution in [3.8, 4) is 17.2 Å². The number of hydrogen-bond donors (Lipinski definition) is 3. The van der Waals surface area contributed by atoms with Crippen molar-refractivity contribution < 1.29 is 19.4 Å². The van der Waals surface area contributed by atoms with Crippen LogP contribution < -0.4 is 20.6 Å². The van der Waals surface area contributed by atoms with Crippen LogP contribution in [-0.4, -0.2) is 51.7 Å². The Bertz CT molecular complexity index is 703. The van der Waals surface area contributed by atoms with E-state index in [1.807, 2.05) is 0 Å². The lowest BCUT2D eigenvalue weighted by Gasteiger charge is -2.09. The number of nitrogens with one attached hydrogen (secondary N) is 1. The summed E-state index contributed by atoms with van der Waals surface area (Å²) in [5, 5.41) is 23.9. The van der Waals surface area contributed by atoms with Gasteiger partial charge in [0.05, 0.1) is 20.4 Å². The number of benzene rings is 1. The van der Waals surface area contributed by atoms with E-state index in [2.05, 4.69) is 26.1 Å². The van der Waals surface area contributed by atoms with E-state index in [9.17, 15) is 9.90 Å². The molecule has 2 aromatic rings. The number of rotatable bonds is 6. The quantitative estimate of drug-likeness (QED) is 0.459. The number of tetrazole rings is 1. The molecule has 1 aromatic heterocycles. The number of phenolic OH excluding ortho intramolecular Hbond substituents is 1. The first-order valence-corrected chi connectivity index (χ1v) is 6.33. The Morgan fingerprint density at radius 3 is 2.61 bits per heavy atom. The second kappa shape index (κ2) is 7.06. The van der Waals surface area contributed by atoms with Gasteiger partial charge in [0.1, 0.15) is 6.54 Å². The van der Waals surface area contributed by atoms with Crippen molar-refractivity contribution in [2.24, 2.45) is 5.10 Å². The van der Waals surface area contributed by atoms with E-state index in [0.717, 1.165) is 4.68 Å². The van der Waals surface area contributed by atoms with E-state index < -0.39 is 5.91 Å². The Hall–Kier alpha value is -3.37.